The van der Waals surface area contributed by atoms with Gasteiger partial charge in [-0.2, -0.15) is 0 Å². The summed E-state index contributed by atoms with van der Waals surface area (Å²) in [5, 5.41) is 0. The number of aryl methyl sites for hydroxylation is 4. The van der Waals surface area contributed by atoms with E-state index in [-0.39, 0.29) is 5.41 Å². The fourth-order valence-corrected chi connectivity index (χ4v) is 7.87. The van der Waals surface area contributed by atoms with Crippen molar-refractivity contribution in [2.75, 3.05) is 0 Å². The molecule has 0 aliphatic heterocycles. The van der Waals surface area contributed by atoms with E-state index in [0.717, 1.165) is 19.3 Å². The van der Waals surface area contributed by atoms with Crippen LogP contribution in [-0.2, 0) is 11.8 Å². The lowest BCUT2D eigenvalue weighted by atomic mass is 9.78. The normalized spacial score (nSPS) is 15.6. The Bertz CT molecular complexity index is 2160. The molecule has 0 fully saturated rings. The molecular weight excluding hydrogens is 625 g/mol. The first kappa shape index (κ1) is 36.6. The Hall–Kier alpha value is -5.20. The van der Waals surface area contributed by atoms with Gasteiger partial charge in [-0.25, -0.2) is 0 Å². The summed E-state index contributed by atoms with van der Waals surface area (Å²) in [5.74, 6) is 0. The average molecular weight is 679 g/mol. The largest absolute Gasteiger partial charge is 0.0871 e. The molecule has 0 N–H and O–H groups in total. The number of benzene rings is 5. The molecule has 0 spiro atoms. The van der Waals surface area contributed by atoms with Gasteiger partial charge in [0.1, 0.15) is 0 Å². The van der Waals surface area contributed by atoms with Crippen molar-refractivity contribution in [3.05, 3.63) is 213 Å². The Morgan fingerprint density at radius 2 is 1.23 bits per heavy atom. The molecule has 0 saturated heterocycles. The van der Waals surface area contributed by atoms with E-state index in [1.165, 1.54) is 89.9 Å². The Morgan fingerprint density at radius 1 is 0.596 bits per heavy atom. The number of rotatable bonds is 4. The molecule has 0 unspecified atom stereocenters. The first-order valence-electron chi connectivity index (χ1n) is 19.0. The van der Waals surface area contributed by atoms with Crippen molar-refractivity contribution in [2.24, 2.45) is 0 Å². The van der Waals surface area contributed by atoms with Crippen LogP contribution in [-0.4, -0.2) is 0 Å². The fourth-order valence-electron chi connectivity index (χ4n) is 7.87. The van der Waals surface area contributed by atoms with Crippen LogP contribution in [0.4, 0.5) is 0 Å². The van der Waals surface area contributed by atoms with Gasteiger partial charge in [-0.15, -0.1) is 0 Å². The van der Waals surface area contributed by atoms with Gasteiger partial charge < -0.3 is 0 Å². The summed E-state index contributed by atoms with van der Waals surface area (Å²) in [6.07, 6.45) is 15.8. The monoisotopic (exact) mass is 678 g/mol. The zero-order valence-electron chi connectivity index (χ0n) is 32.3. The van der Waals surface area contributed by atoms with Crippen LogP contribution >= 0.6 is 0 Å². The maximum atomic E-state index is 2.47. The van der Waals surface area contributed by atoms with Crippen LogP contribution in [0.25, 0.3) is 22.3 Å². The third kappa shape index (κ3) is 7.98. The Balaban J connectivity index is 0.000000139. The average Bonchev–Trinajstić information content (AvgIpc) is 3.40. The summed E-state index contributed by atoms with van der Waals surface area (Å²) >= 11 is 0. The lowest BCUT2D eigenvalue weighted by Crippen LogP contribution is -2.16. The molecule has 0 heterocycles. The Kier molecular flexibility index (Phi) is 11.6. The molecule has 262 valence electrons. The number of allylic oxidation sites excluding steroid dienone is 9. The Labute approximate surface area is 313 Å². The fraction of sp³-hybridized carbons (Fsp3) is 0.231. The molecule has 0 bridgehead atoms. The van der Waals surface area contributed by atoms with Crippen LogP contribution in [0.3, 0.4) is 0 Å². The Morgan fingerprint density at radius 3 is 1.92 bits per heavy atom. The molecule has 5 aromatic carbocycles. The molecule has 52 heavy (non-hydrogen) atoms. The molecule has 0 nitrogen and oxygen atoms in total. The topological polar surface area (TPSA) is 0 Å². The van der Waals surface area contributed by atoms with E-state index >= 15 is 0 Å². The minimum atomic E-state index is 0.122. The van der Waals surface area contributed by atoms with Crippen LogP contribution in [0.1, 0.15) is 103 Å². The van der Waals surface area contributed by atoms with E-state index in [9.17, 15) is 0 Å². The second-order valence-electron chi connectivity index (χ2n) is 14.8. The molecular formula is C52H54. The summed E-state index contributed by atoms with van der Waals surface area (Å²) in [4.78, 5) is 0. The van der Waals surface area contributed by atoms with E-state index in [4.69, 9.17) is 0 Å². The van der Waals surface area contributed by atoms with E-state index in [1.54, 1.807) is 0 Å². The van der Waals surface area contributed by atoms with Crippen molar-refractivity contribution in [1.82, 2.24) is 0 Å². The molecule has 8 rings (SSSR count). The highest BCUT2D eigenvalue weighted by Gasteiger charge is 2.40. The standard InChI is InChI=1S/C22H22.C17H16.C13H16/c1-15-12-13-18-20(14-15)22(2,3)19-11-7-10-17(21(18)19)16-8-5-4-6-9-16;1-13-9-11-15(12-10-13)17-8-4-6-14-5-2-3-7-16(14)17;1-4-6-12(5-2)13-9-7-11(3)8-10-13/h4-6,8-9,11-14H,7,10H2,1-3H3;2-3,5,7-12H,4,6H2,1H3;4-10H,1-3H3/b;;6-4-,12-5+. The van der Waals surface area contributed by atoms with E-state index in [1.807, 2.05) is 6.92 Å². The SMILES string of the molecule is C/C=C\C(=C/C)c1ccc(C)cc1.Cc1ccc(C2=CCCc3ccccc32)cc1.Cc1ccc2c(c1)C(C)(C)C1=CCCC(c3ccccc3)=C12. The quantitative estimate of drug-likeness (QED) is 0.166. The smallest absolute Gasteiger partial charge is 0.0155 e. The van der Waals surface area contributed by atoms with Crippen molar-refractivity contribution in [2.45, 2.75) is 79.6 Å². The van der Waals surface area contributed by atoms with Gasteiger partial charge >= 0.3 is 0 Å². The highest BCUT2D eigenvalue weighted by Crippen LogP contribution is 2.54. The summed E-state index contributed by atoms with van der Waals surface area (Å²) < 4.78 is 0. The highest BCUT2D eigenvalue weighted by atomic mass is 14.4. The zero-order valence-corrected chi connectivity index (χ0v) is 32.3. The summed E-state index contributed by atoms with van der Waals surface area (Å²) in [6.45, 7) is 15.3. The van der Waals surface area contributed by atoms with Gasteiger partial charge in [0.15, 0.2) is 0 Å². The molecule has 5 aromatic rings. The molecule has 0 atom stereocenters. The van der Waals surface area contributed by atoms with Gasteiger partial charge in [-0.3, -0.25) is 0 Å². The van der Waals surface area contributed by atoms with Crippen LogP contribution in [0, 0.1) is 20.8 Å². The second-order valence-corrected chi connectivity index (χ2v) is 14.8. The second kappa shape index (κ2) is 16.4. The lowest BCUT2D eigenvalue weighted by Gasteiger charge is -2.26. The molecule has 0 heteroatoms. The summed E-state index contributed by atoms with van der Waals surface area (Å²) in [7, 11) is 0. The molecule has 0 amide bonds. The van der Waals surface area contributed by atoms with Crippen LogP contribution < -0.4 is 0 Å². The van der Waals surface area contributed by atoms with Crippen molar-refractivity contribution < 1.29 is 0 Å². The number of hydrogen-bond acceptors (Lipinski definition) is 0. The maximum absolute atomic E-state index is 2.47. The highest BCUT2D eigenvalue weighted by molar-refractivity contribution is 6.04. The van der Waals surface area contributed by atoms with Crippen LogP contribution in [0.15, 0.2) is 157 Å². The number of fused-ring (bicyclic) bond motifs is 4. The van der Waals surface area contributed by atoms with E-state index in [2.05, 4.69) is 193 Å². The van der Waals surface area contributed by atoms with Gasteiger partial charge in [-0.05, 0) is 127 Å². The summed E-state index contributed by atoms with van der Waals surface area (Å²) in [6, 6.07) is 44.0. The van der Waals surface area contributed by atoms with E-state index in [0.29, 0.717) is 0 Å². The summed E-state index contributed by atoms with van der Waals surface area (Å²) in [5.41, 5.74) is 21.1. The van der Waals surface area contributed by atoms with Gasteiger partial charge in [0.25, 0.3) is 0 Å². The molecule has 0 aromatic heterocycles. The van der Waals surface area contributed by atoms with Crippen molar-refractivity contribution in [3.63, 3.8) is 0 Å². The molecule has 0 radical (unpaired) electrons. The predicted molar refractivity (Wildman–Crippen MR) is 227 cm³/mol. The van der Waals surface area contributed by atoms with Crippen LogP contribution in [0.5, 0.6) is 0 Å². The molecule has 3 aliphatic rings. The minimum absolute atomic E-state index is 0.122. The third-order valence-corrected chi connectivity index (χ3v) is 10.7. The molecule has 0 saturated carbocycles. The van der Waals surface area contributed by atoms with Gasteiger partial charge in [0.2, 0.25) is 0 Å². The van der Waals surface area contributed by atoms with Crippen molar-refractivity contribution in [1.29, 1.82) is 0 Å². The van der Waals surface area contributed by atoms with Gasteiger partial charge in [0.05, 0.1) is 0 Å². The van der Waals surface area contributed by atoms with Crippen molar-refractivity contribution >= 4 is 22.3 Å². The van der Waals surface area contributed by atoms with Gasteiger partial charge in [-0.1, -0.05) is 182 Å². The third-order valence-electron chi connectivity index (χ3n) is 10.7. The first-order valence-corrected chi connectivity index (χ1v) is 19.0. The minimum Gasteiger partial charge on any atom is -0.0871 e. The lowest BCUT2D eigenvalue weighted by molar-refractivity contribution is 0.654. The van der Waals surface area contributed by atoms with E-state index < -0.39 is 0 Å². The van der Waals surface area contributed by atoms with Crippen molar-refractivity contribution in [3.8, 4) is 0 Å². The van der Waals surface area contributed by atoms with Crippen LogP contribution in [0.2, 0.25) is 0 Å². The maximum Gasteiger partial charge on any atom is 0.0155 e. The first-order chi connectivity index (χ1) is 25.2. The predicted octanol–water partition coefficient (Wildman–Crippen LogP) is 14.3. The zero-order chi connectivity index (χ0) is 36.7. The molecule has 3 aliphatic carbocycles. The van der Waals surface area contributed by atoms with Gasteiger partial charge in [0, 0.05) is 5.41 Å². The number of hydrogen-bond donors (Lipinski definition) is 0.